The standard InChI is InChI=1S/C13H14BrClN2S/c1-17(2)13-10(15)4-3-5-11(13)16-8-12-9(14)6-7-18-12/h3-7,16H,8H2,1-2H3. The van der Waals surface area contributed by atoms with E-state index in [0.29, 0.717) is 0 Å². The Hall–Kier alpha value is -0.710. The van der Waals surface area contributed by atoms with Crippen LogP contribution < -0.4 is 10.2 Å². The zero-order valence-corrected chi connectivity index (χ0v) is 13.4. The zero-order chi connectivity index (χ0) is 13.1. The normalized spacial score (nSPS) is 10.4. The number of nitrogens with one attached hydrogen (secondary N) is 1. The highest BCUT2D eigenvalue weighted by Crippen LogP contribution is 2.33. The summed E-state index contributed by atoms with van der Waals surface area (Å²) in [6.45, 7) is 0.791. The van der Waals surface area contributed by atoms with Gasteiger partial charge in [0.1, 0.15) is 0 Å². The molecule has 0 saturated heterocycles. The van der Waals surface area contributed by atoms with Crippen LogP contribution in [0.2, 0.25) is 5.02 Å². The first-order chi connectivity index (χ1) is 8.59. The third kappa shape index (κ3) is 2.99. The second kappa shape index (κ2) is 5.95. The molecule has 96 valence electrons. The summed E-state index contributed by atoms with van der Waals surface area (Å²) in [6, 6.07) is 7.97. The molecule has 0 spiro atoms. The molecule has 0 aliphatic heterocycles. The number of hydrogen-bond acceptors (Lipinski definition) is 3. The maximum atomic E-state index is 6.23. The Kier molecular flexibility index (Phi) is 4.54. The van der Waals surface area contributed by atoms with Crippen molar-refractivity contribution in [1.82, 2.24) is 0 Å². The monoisotopic (exact) mass is 344 g/mol. The molecule has 2 nitrogen and oxygen atoms in total. The lowest BCUT2D eigenvalue weighted by molar-refractivity contribution is 1.11. The average Bonchev–Trinajstić information content (AvgIpc) is 2.71. The van der Waals surface area contributed by atoms with E-state index < -0.39 is 0 Å². The molecule has 0 bridgehead atoms. The van der Waals surface area contributed by atoms with Gasteiger partial charge in [-0.1, -0.05) is 17.7 Å². The lowest BCUT2D eigenvalue weighted by atomic mass is 10.2. The van der Waals surface area contributed by atoms with E-state index in [4.69, 9.17) is 11.6 Å². The van der Waals surface area contributed by atoms with E-state index in [1.165, 1.54) is 4.88 Å². The first-order valence-corrected chi connectivity index (χ1v) is 7.56. The van der Waals surface area contributed by atoms with E-state index in [1.54, 1.807) is 11.3 Å². The third-order valence-corrected chi connectivity index (χ3v) is 4.80. The van der Waals surface area contributed by atoms with Crippen LogP contribution in [-0.4, -0.2) is 14.1 Å². The van der Waals surface area contributed by atoms with E-state index in [9.17, 15) is 0 Å². The highest BCUT2D eigenvalue weighted by atomic mass is 79.9. The molecule has 5 heteroatoms. The average molecular weight is 346 g/mol. The van der Waals surface area contributed by atoms with E-state index in [-0.39, 0.29) is 0 Å². The fourth-order valence-electron chi connectivity index (χ4n) is 1.74. The Morgan fingerprint density at radius 3 is 2.72 bits per heavy atom. The fourth-order valence-corrected chi connectivity index (χ4v) is 3.52. The molecule has 1 heterocycles. The summed E-state index contributed by atoms with van der Waals surface area (Å²) in [6.07, 6.45) is 0. The van der Waals surface area contributed by atoms with Gasteiger partial charge in [0, 0.05) is 23.4 Å². The van der Waals surface area contributed by atoms with E-state index >= 15 is 0 Å². The van der Waals surface area contributed by atoms with Crippen molar-refractivity contribution in [3.8, 4) is 0 Å². The Bertz CT molecular complexity index is 540. The fraction of sp³-hybridized carbons (Fsp3) is 0.231. The molecule has 0 unspecified atom stereocenters. The number of benzene rings is 1. The smallest absolute Gasteiger partial charge is 0.0786 e. The second-order valence-electron chi connectivity index (χ2n) is 4.08. The van der Waals surface area contributed by atoms with Gasteiger partial charge in [-0.3, -0.25) is 0 Å². The van der Waals surface area contributed by atoms with Gasteiger partial charge in [-0.15, -0.1) is 11.3 Å². The first-order valence-electron chi connectivity index (χ1n) is 5.51. The topological polar surface area (TPSA) is 15.3 Å². The highest BCUT2D eigenvalue weighted by Gasteiger charge is 2.09. The Balaban J connectivity index is 2.19. The molecule has 0 atom stereocenters. The van der Waals surface area contributed by atoms with Gasteiger partial charge in [-0.05, 0) is 39.5 Å². The number of nitrogens with zero attached hydrogens (tertiary/aromatic N) is 1. The maximum Gasteiger partial charge on any atom is 0.0786 e. The van der Waals surface area contributed by atoms with Crippen molar-refractivity contribution in [2.75, 3.05) is 24.3 Å². The van der Waals surface area contributed by atoms with Crippen LogP contribution in [-0.2, 0) is 6.54 Å². The molecule has 1 N–H and O–H groups in total. The minimum atomic E-state index is 0.759. The third-order valence-electron chi connectivity index (χ3n) is 2.56. The number of para-hydroxylation sites is 1. The van der Waals surface area contributed by atoms with E-state index in [0.717, 1.165) is 27.4 Å². The Labute approximate surface area is 125 Å². The first kappa shape index (κ1) is 13.7. The van der Waals surface area contributed by atoms with Crippen LogP contribution in [0.5, 0.6) is 0 Å². The summed E-state index contributed by atoms with van der Waals surface area (Å²) in [4.78, 5) is 3.30. The summed E-state index contributed by atoms with van der Waals surface area (Å²) < 4.78 is 1.15. The molecule has 1 aromatic heterocycles. The zero-order valence-electron chi connectivity index (χ0n) is 10.2. The van der Waals surface area contributed by atoms with Gasteiger partial charge in [0.2, 0.25) is 0 Å². The number of thiophene rings is 1. The van der Waals surface area contributed by atoms with Crippen molar-refractivity contribution in [1.29, 1.82) is 0 Å². The predicted octanol–water partition coefficient (Wildman–Crippen LogP) is 4.84. The molecule has 2 aromatic rings. The lowest BCUT2D eigenvalue weighted by Gasteiger charge is -2.19. The van der Waals surface area contributed by atoms with Crippen molar-refractivity contribution >= 4 is 50.2 Å². The molecule has 0 aliphatic rings. The van der Waals surface area contributed by atoms with Gasteiger partial charge in [0.05, 0.1) is 22.9 Å². The van der Waals surface area contributed by atoms with Gasteiger partial charge in [-0.2, -0.15) is 0 Å². The van der Waals surface area contributed by atoms with Crippen LogP contribution in [0.4, 0.5) is 11.4 Å². The van der Waals surface area contributed by atoms with Gasteiger partial charge in [0.25, 0.3) is 0 Å². The Morgan fingerprint density at radius 2 is 2.11 bits per heavy atom. The highest BCUT2D eigenvalue weighted by molar-refractivity contribution is 9.10. The van der Waals surface area contributed by atoms with E-state index in [1.807, 2.05) is 37.2 Å². The number of halogens is 2. The quantitative estimate of drug-likeness (QED) is 0.852. The molecule has 0 saturated carbocycles. The van der Waals surface area contributed by atoms with Gasteiger partial charge in [0.15, 0.2) is 0 Å². The summed E-state index contributed by atoms with van der Waals surface area (Å²) >= 11 is 11.5. The summed E-state index contributed by atoms with van der Waals surface area (Å²) in [5, 5.41) is 6.27. The second-order valence-corrected chi connectivity index (χ2v) is 6.34. The number of rotatable bonds is 4. The summed E-state index contributed by atoms with van der Waals surface area (Å²) in [5.74, 6) is 0. The largest absolute Gasteiger partial charge is 0.378 e. The van der Waals surface area contributed by atoms with Crippen LogP contribution in [0.3, 0.4) is 0 Å². The molecular weight excluding hydrogens is 332 g/mol. The summed E-state index contributed by atoms with van der Waals surface area (Å²) in [7, 11) is 3.99. The van der Waals surface area contributed by atoms with Crippen LogP contribution in [0.15, 0.2) is 34.1 Å². The van der Waals surface area contributed by atoms with Gasteiger partial charge in [-0.25, -0.2) is 0 Å². The van der Waals surface area contributed by atoms with Crippen molar-refractivity contribution in [3.63, 3.8) is 0 Å². The lowest BCUT2D eigenvalue weighted by Crippen LogP contribution is -2.12. The molecule has 0 aliphatic carbocycles. The molecule has 2 rings (SSSR count). The van der Waals surface area contributed by atoms with Crippen molar-refractivity contribution < 1.29 is 0 Å². The molecule has 0 fully saturated rings. The number of anilines is 2. The van der Waals surface area contributed by atoms with Gasteiger partial charge < -0.3 is 10.2 Å². The molecule has 0 amide bonds. The maximum absolute atomic E-state index is 6.23. The van der Waals surface area contributed by atoms with Crippen molar-refractivity contribution in [3.05, 3.63) is 44.0 Å². The van der Waals surface area contributed by atoms with Crippen molar-refractivity contribution in [2.24, 2.45) is 0 Å². The summed E-state index contributed by atoms with van der Waals surface area (Å²) in [5.41, 5.74) is 2.07. The van der Waals surface area contributed by atoms with Crippen LogP contribution >= 0.6 is 38.9 Å². The molecule has 1 aromatic carbocycles. The van der Waals surface area contributed by atoms with Crippen LogP contribution in [0.1, 0.15) is 4.88 Å². The van der Waals surface area contributed by atoms with Crippen molar-refractivity contribution in [2.45, 2.75) is 6.54 Å². The van der Waals surface area contributed by atoms with Crippen LogP contribution in [0, 0.1) is 0 Å². The molecule has 0 radical (unpaired) electrons. The SMILES string of the molecule is CN(C)c1c(Cl)cccc1NCc1sccc1Br. The van der Waals surface area contributed by atoms with Gasteiger partial charge >= 0.3 is 0 Å². The molecule has 18 heavy (non-hydrogen) atoms. The minimum Gasteiger partial charge on any atom is -0.378 e. The minimum absolute atomic E-state index is 0.759. The Morgan fingerprint density at radius 1 is 1.33 bits per heavy atom. The number of hydrogen-bond donors (Lipinski definition) is 1. The predicted molar refractivity (Wildman–Crippen MR) is 85.1 cm³/mol. The van der Waals surface area contributed by atoms with Crippen LogP contribution in [0.25, 0.3) is 0 Å². The van der Waals surface area contributed by atoms with E-state index in [2.05, 4.69) is 32.7 Å². The molecular formula is C13H14BrClN2S.